The Morgan fingerprint density at radius 2 is 2.04 bits per heavy atom. The van der Waals surface area contributed by atoms with Crippen LogP contribution in [0.4, 0.5) is 5.13 Å². The van der Waals surface area contributed by atoms with Crippen LogP contribution in [0.25, 0.3) is 10.6 Å². The molecule has 1 N–H and O–H groups in total. The molecule has 0 aliphatic heterocycles. The summed E-state index contributed by atoms with van der Waals surface area (Å²) >= 11 is 2.74. The number of thiophene rings is 1. The zero-order valence-corrected chi connectivity index (χ0v) is 15.2. The number of thiazole rings is 1. The van der Waals surface area contributed by atoms with Crippen LogP contribution in [-0.4, -0.2) is 23.2 Å². The molecule has 0 radical (unpaired) electrons. The van der Waals surface area contributed by atoms with Crippen LogP contribution in [0.15, 0.2) is 40.2 Å². The van der Waals surface area contributed by atoms with E-state index in [1.807, 2.05) is 22.2 Å². The predicted molar refractivity (Wildman–Crippen MR) is 96.0 cm³/mol. The molecule has 0 spiro atoms. The second kappa shape index (κ2) is 6.30. The summed E-state index contributed by atoms with van der Waals surface area (Å²) in [5.74, 6) is 0. The van der Waals surface area contributed by atoms with Crippen LogP contribution in [0.3, 0.4) is 0 Å². The Bertz CT molecular complexity index is 908. The van der Waals surface area contributed by atoms with Gasteiger partial charge < -0.3 is 0 Å². The van der Waals surface area contributed by atoms with Gasteiger partial charge in [-0.25, -0.2) is 13.4 Å². The summed E-state index contributed by atoms with van der Waals surface area (Å²) in [6, 6.07) is 4.08. The van der Waals surface area contributed by atoms with Crippen molar-refractivity contribution in [3.05, 3.63) is 35.3 Å². The first-order valence-electron chi connectivity index (χ1n) is 7.69. The van der Waals surface area contributed by atoms with E-state index in [4.69, 9.17) is 0 Å². The third-order valence-electron chi connectivity index (χ3n) is 4.10. The highest BCUT2D eigenvalue weighted by Gasteiger charge is 2.28. The Morgan fingerprint density at radius 3 is 2.71 bits per heavy atom. The summed E-state index contributed by atoms with van der Waals surface area (Å²) in [5, 5.41) is 8.64. The van der Waals surface area contributed by atoms with E-state index in [0.29, 0.717) is 10.8 Å². The molecule has 0 saturated heterocycles. The number of sulfonamides is 1. The lowest BCUT2D eigenvalue weighted by molar-refractivity contribution is 0.467. The third kappa shape index (κ3) is 2.99. The standard InChI is InChI=1S/C15H16N4O2S3/c20-24(21,18-15-16-7-9-23-15)13-10-19(11-4-1-2-5-11)17-14(13)12-6-3-8-22-12/h3,6-11H,1-2,4-5H2,(H,16,18). The topological polar surface area (TPSA) is 76.9 Å². The molecule has 126 valence electrons. The minimum absolute atomic E-state index is 0.215. The molecule has 0 aromatic carbocycles. The molecule has 0 atom stereocenters. The summed E-state index contributed by atoms with van der Waals surface area (Å²) in [6.45, 7) is 0. The SMILES string of the molecule is O=S(=O)(Nc1nccs1)c1cn(C2CCCC2)nc1-c1cccs1. The van der Waals surface area contributed by atoms with E-state index in [0.717, 1.165) is 30.6 Å². The maximum atomic E-state index is 12.9. The molecule has 0 bridgehead atoms. The first kappa shape index (κ1) is 15.8. The fourth-order valence-corrected chi connectivity index (χ4v) is 5.68. The molecule has 9 heteroatoms. The third-order valence-corrected chi connectivity index (χ3v) is 7.13. The zero-order chi connectivity index (χ0) is 16.6. The highest BCUT2D eigenvalue weighted by Crippen LogP contribution is 2.35. The van der Waals surface area contributed by atoms with Gasteiger partial charge in [0.2, 0.25) is 0 Å². The maximum Gasteiger partial charge on any atom is 0.267 e. The Morgan fingerprint density at radius 1 is 1.21 bits per heavy atom. The molecular formula is C15H16N4O2S3. The highest BCUT2D eigenvalue weighted by molar-refractivity contribution is 7.93. The average Bonchev–Trinajstić information content (AvgIpc) is 3.31. The number of hydrogen-bond acceptors (Lipinski definition) is 6. The number of nitrogens with one attached hydrogen (secondary N) is 1. The molecule has 3 aromatic rings. The predicted octanol–water partition coefficient (Wildman–Crippen LogP) is 3.98. The van der Waals surface area contributed by atoms with Crippen molar-refractivity contribution in [2.24, 2.45) is 0 Å². The van der Waals surface area contributed by atoms with Crippen LogP contribution >= 0.6 is 22.7 Å². The van der Waals surface area contributed by atoms with Crippen molar-refractivity contribution in [3.63, 3.8) is 0 Å². The Kier molecular flexibility index (Phi) is 4.15. The molecule has 3 heterocycles. The normalized spacial score (nSPS) is 15.8. The summed E-state index contributed by atoms with van der Waals surface area (Å²) < 4.78 is 30.1. The minimum Gasteiger partial charge on any atom is -0.268 e. The largest absolute Gasteiger partial charge is 0.268 e. The van der Waals surface area contributed by atoms with Crippen molar-refractivity contribution < 1.29 is 8.42 Å². The van der Waals surface area contributed by atoms with E-state index in [2.05, 4.69) is 14.8 Å². The van der Waals surface area contributed by atoms with Gasteiger partial charge in [0.25, 0.3) is 10.0 Å². The number of hydrogen-bond donors (Lipinski definition) is 1. The van der Waals surface area contributed by atoms with E-state index >= 15 is 0 Å². The van der Waals surface area contributed by atoms with E-state index < -0.39 is 10.0 Å². The molecule has 1 aliphatic rings. The quantitative estimate of drug-likeness (QED) is 0.726. The van der Waals surface area contributed by atoms with Crippen molar-refractivity contribution in [2.75, 3.05) is 4.72 Å². The first-order valence-corrected chi connectivity index (χ1v) is 10.9. The van der Waals surface area contributed by atoms with Crippen LogP contribution < -0.4 is 4.72 Å². The van der Waals surface area contributed by atoms with Crippen LogP contribution in [-0.2, 0) is 10.0 Å². The van der Waals surface area contributed by atoms with Crippen molar-refractivity contribution in [2.45, 2.75) is 36.6 Å². The van der Waals surface area contributed by atoms with Gasteiger partial charge in [-0.05, 0) is 24.3 Å². The monoisotopic (exact) mass is 380 g/mol. The van der Waals surface area contributed by atoms with E-state index in [1.54, 1.807) is 17.8 Å². The van der Waals surface area contributed by atoms with Crippen molar-refractivity contribution in [1.29, 1.82) is 0 Å². The van der Waals surface area contributed by atoms with Crippen molar-refractivity contribution in [3.8, 4) is 10.6 Å². The Labute approximate surface area is 148 Å². The van der Waals surface area contributed by atoms with Gasteiger partial charge in [0.05, 0.1) is 10.9 Å². The van der Waals surface area contributed by atoms with Gasteiger partial charge in [-0.3, -0.25) is 9.40 Å². The fourth-order valence-electron chi connectivity index (χ4n) is 2.96. The molecule has 24 heavy (non-hydrogen) atoms. The number of nitrogens with zero attached hydrogens (tertiary/aromatic N) is 3. The summed E-state index contributed by atoms with van der Waals surface area (Å²) in [4.78, 5) is 5.08. The Balaban J connectivity index is 1.77. The van der Waals surface area contributed by atoms with Crippen LogP contribution in [0.5, 0.6) is 0 Å². The van der Waals surface area contributed by atoms with Gasteiger partial charge in [-0.1, -0.05) is 18.9 Å². The van der Waals surface area contributed by atoms with Gasteiger partial charge in [0.1, 0.15) is 10.6 Å². The van der Waals surface area contributed by atoms with Gasteiger partial charge >= 0.3 is 0 Å². The minimum atomic E-state index is -3.73. The molecule has 6 nitrogen and oxygen atoms in total. The second-order valence-corrected chi connectivity index (χ2v) is 9.17. The van der Waals surface area contributed by atoms with E-state index in [-0.39, 0.29) is 10.9 Å². The molecule has 3 aromatic heterocycles. The van der Waals surface area contributed by atoms with Gasteiger partial charge in [0.15, 0.2) is 5.13 Å². The fraction of sp³-hybridized carbons (Fsp3) is 0.333. The second-order valence-electron chi connectivity index (χ2n) is 5.68. The van der Waals surface area contributed by atoms with Gasteiger partial charge in [-0.15, -0.1) is 22.7 Å². The highest BCUT2D eigenvalue weighted by atomic mass is 32.2. The lowest BCUT2D eigenvalue weighted by Gasteiger charge is -2.08. The van der Waals surface area contributed by atoms with Gasteiger partial charge in [0, 0.05) is 17.8 Å². The Hall–Kier alpha value is -1.71. The summed E-state index contributed by atoms with van der Waals surface area (Å²) in [5.41, 5.74) is 0.515. The molecule has 0 unspecified atom stereocenters. The van der Waals surface area contributed by atoms with Crippen LogP contribution in [0, 0.1) is 0 Å². The molecule has 4 rings (SSSR count). The first-order chi connectivity index (χ1) is 11.6. The molecule has 0 amide bonds. The average molecular weight is 381 g/mol. The summed E-state index contributed by atoms with van der Waals surface area (Å²) in [6.07, 6.45) is 7.66. The van der Waals surface area contributed by atoms with E-state index in [1.165, 1.54) is 22.7 Å². The van der Waals surface area contributed by atoms with Crippen molar-refractivity contribution >= 4 is 37.8 Å². The maximum absolute atomic E-state index is 12.9. The number of anilines is 1. The molecule has 1 fully saturated rings. The zero-order valence-electron chi connectivity index (χ0n) is 12.8. The summed E-state index contributed by atoms with van der Waals surface area (Å²) in [7, 11) is -3.73. The van der Waals surface area contributed by atoms with Crippen molar-refractivity contribution in [1.82, 2.24) is 14.8 Å². The molecule has 1 aliphatic carbocycles. The number of aromatic nitrogens is 3. The number of rotatable bonds is 5. The lowest BCUT2D eigenvalue weighted by Crippen LogP contribution is -2.13. The van der Waals surface area contributed by atoms with Gasteiger partial charge in [-0.2, -0.15) is 5.10 Å². The lowest BCUT2D eigenvalue weighted by atomic mass is 10.3. The molecule has 1 saturated carbocycles. The smallest absolute Gasteiger partial charge is 0.267 e. The van der Waals surface area contributed by atoms with Crippen LogP contribution in [0.2, 0.25) is 0 Å². The molecular weight excluding hydrogens is 364 g/mol. The van der Waals surface area contributed by atoms with E-state index in [9.17, 15) is 8.42 Å². The van der Waals surface area contributed by atoms with Crippen LogP contribution in [0.1, 0.15) is 31.7 Å².